The molecule has 5 aromatic rings. The number of hydrogen-bond donors (Lipinski definition) is 5. The van der Waals surface area contributed by atoms with Crippen molar-refractivity contribution in [3.63, 3.8) is 0 Å². The summed E-state index contributed by atoms with van der Waals surface area (Å²) in [4.78, 5) is 1.60. The SMILES string of the molecule is CC(C)(C)CCc1ccccc1C(C)(C)Cc1cccc(-c2cccc(N(C3=C(O)C(O)C=C(O)C(O)=C3O)c3ccccc3-c3ccccc3)c2)c1. The minimum absolute atomic E-state index is 0.122. The van der Waals surface area contributed by atoms with Crippen molar-refractivity contribution in [2.45, 2.75) is 65.4 Å². The van der Waals surface area contributed by atoms with Gasteiger partial charge in [0.15, 0.2) is 17.3 Å². The molecular formula is C47H49NO5. The van der Waals surface area contributed by atoms with Crippen LogP contribution in [0.2, 0.25) is 0 Å². The number of rotatable bonds is 10. The highest BCUT2D eigenvalue weighted by atomic mass is 16.3. The zero-order valence-corrected chi connectivity index (χ0v) is 31.1. The Kier molecular flexibility index (Phi) is 10.6. The fourth-order valence-electron chi connectivity index (χ4n) is 7.14. The summed E-state index contributed by atoms with van der Waals surface area (Å²) in [5, 5.41) is 54.9. The molecule has 0 radical (unpaired) electrons. The Morgan fingerprint density at radius 3 is 1.98 bits per heavy atom. The van der Waals surface area contributed by atoms with Crippen molar-refractivity contribution < 1.29 is 25.5 Å². The van der Waals surface area contributed by atoms with Crippen molar-refractivity contribution >= 4 is 11.4 Å². The fraction of sp³-hybridized carbons (Fsp3) is 0.234. The van der Waals surface area contributed by atoms with Gasteiger partial charge in [-0.05, 0) is 87.7 Å². The van der Waals surface area contributed by atoms with Gasteiger partial charge in [0.05, 0.1) is 5.69 Å². The Morgan fingerprint density at radius 2 is 1.25 bits per heavy atom. The average Bonchev–Trinajstić information content (AvgIpc) is 3.21. The van der Waals surface area contributed by atoms with Gasteiger partial charge in [0, 0.05) is 11.3 Å². The van der Waals surface area contributed by atoms with Crippen LogP contribution in [-0.2, 0) is 18.3 Å². The summed E-state index contributed by atoms with van der Waals surface area (Å²) in [6, 6.07) is 42.2. The number of anilines is 2. The second-order valence-corrected chi connectivity index (χ2v) is 15.7. The summed E-state index contributed by atoms with van der Waals surface area (Å²) in [5.74, 6) is -3.04. The maximum atomic E-state index is 11.4. The molecule has 0 aliphatic heterocycles. The van der Waals surface area contributed by atoms with E-state index in [1.54, 1.807) is 4.90 Å². The minimum atomic E-state index is -1.70. The van der Waals surface area contributed by atoms with E-state index in [-0.39, 0.29) is 16.5 Å². The van der Waals surface area contributed by atoms with E-state index in [1.807, 2.05) is 78.9 Å². The van der Waals surface area contributed by atoms with Gasteiger partial charge in [0.2, 0.25) is 5.76 Å². The third kappa shape index (κ3) is 8.19. The van der Waals surface area contributed by atoms with Crippen molar-refractivity contribution in [2.75, 3.05) is 4.90 Å². The fourth-order valence-corrected chi connectivity index (χ4v) is 7.14. The van der Waals surface area contributed by atoms with Gasteiger partial charge in [-0.2, -0.15) is 0 Å². The number of aliphatic hydroxyl groups excluding tert-OH is 5. The number of hydrogen-bond acceptors (Lipinski definition) is 6. The summed E-state index contributed by atoms with van der Waals surface area (Å²) in [6.07, 6.45) is 2.14. The molecule has 6 nitrogen and oxygen atoms in total. The van der Waals surface area contributed by atoms with Gasteiger partial charge in [0.1, 0.15) is 11.8 Å². The van der Waals surface area contributed by atoms with Crippen LogP contribution in [0, 0.1) is 5.41 Å². The van der Waals surface area contributed by atoms with E-state index in [4.69, 9.17) is 0 Å². The minimum Gasteiger partial charge on any atom is -0.507 e. The topological polar surface area (TPSA) is 104 Å². The van der Waals surface area contributed by atoms with Gasteiger partial charge in [-0.3, -0.25) is 0 Å². The number of aryl methyl sites for hydroxylation is 1. The van der Waals surface area contributed by atoms with Crippen molar-refractivity contribution in [1.82, 2.24) is 0 Å². The molecule has 6 heteroatoms. The molecule has 0 saturated carbocycles. The molecule has 6 rings (SSSR count). The summed E-state index contributed by atoms with van der Waals surface area (Å²) in [7, 11) is 0. The molecule has 0 heterocycles. The maximum Gasteiger partial charge on any atom is 0.202 e. The van der Waals surface area contributed by atoms with Crippen LogP contribution in [0.3, 0.4) is 0 Å². The molecule has 5 aromatic carbocycles. The molecule has 1 unspecified atom stereocenters. The average molecular weight is 708 g/mol. The van der Waals surface area contributed by atoms with Crippen molar-refractivity contribution in [3.05, 3.63) is 179 Å². The lowest BCUT2D eigenvalue weighted by atomic mass is 9.75. The van der Waals surface area contributed by atoms with Crippen LogP contribution in [0.25, 0.3) is 22.3 Å². The number of aliphatic hydroxyl groups is 5. The molecule has 272 valence electrons. The molecule has 0 fully saturated rings. The van der Waals surface area contributed by atoms with Crippen LogP contribution in [0.4, 0.5) is 11.4 Å². The first kappa shape index (κ1) is 37.1. The molecule has 0 spiro atoms. The van der Waals surface area contributed by atoms with Gasteiger partial charge in [-0.1, -0.05) is 144 Å². The predicted molar refractivity (Wildman–Crippen MR) is 215 cm³/mol. The lowest BCUT2D eigenvalue weighted by Gasteiger charge is -2.31. The first-order chi connectivity index (χ1) is 25.2. The third-order valence-electron chi connectivity index (χ3n) is 9.88. The van der Waals surface area contributed by atoms with E-state index < -0.39 is 29.1 Å². The second-order valence-electron chi connectivity index (χ2n) is 15.7. The first-order valence-corrected chi connectivity index (χ1v) is 18.1. The molecule has 0 saturated heterocycles. The Morgan fingerprint density at radius 1 is 0.623 bits per heavy atom. The highest BCUT2D eigenvalue weighted by Gasteiger charge is 2.33. The molecule has 1 aliphatic rings. The summed E-state index contributed by atoms with van der Waals surface area (Å²) in [5.41, 5.74) is 8.42. The van der Waals surface area contributed by atoms with E-state index >= 15 is 0 Å². The Bertz CT molecular complexity index is 2190. The Labute approximate surface area is 313 Å². The normalized spacial score (nSPS) is 15.3. The van der Waals surface area contributed by atoms with Crippen LogP contribution in [0.5, 0.6) is 0 Å². The van der Waals surface area contributed by atoms with Gasteiger partial charge >= 0.3 is 0 Å². The maximum absolute atomic E-state index is 11.4. The molecular weight excluding hydrogens is 659 g/mol. The smallest absolute Gasteiger partial charge is 0.202 e. The summed E-state index contributed by atoms with van der Waals surface area (Å²) >= 11 is 0. The zero-order valence-electron chi connectivity index (χ0n) is 31.1. The van der Waals surface area contributed by atoms with Crippen molar-refractivity contribution in [1.29, 1.82) is 0 Å². The number of nitrogens with zero attached hydrogens (tertiary/aromatic N) is 1. The van der Waals surface area contributed by atoms with Crippen molar-refractivity contribution in [2.24, 2.45) is 5.41 Å². The number of benzene rings is 5. The summed E-state index contributed by atoms with van der Waals surface area (Å²) in [6.45, 7) is 11.5. The standard InChI is InChI=1S/C47H49NO5/c1-46(2,3)26-25-33-18-9-11-23-38(33)47(4,5)30-31-15-13-19-34(27-31)35-20-14-21-36(28-35)48(42-43(51)40(49)29-41(50)44(52)45(42)53)39-24-12-10-22-37(39)32-16-7-6-8-17-32/h6-24,27-29,40,49-53H,25-26,30H2,1-5H3. The van der Waals surface area contributed by atoms with Gasteiger partial charge < -0.3 is 30.4 Å². The molecule has 0 amide bonds. The van der Waals surface area contributed by atoms with Crippen molar-refractivity contribution in [3.8, 4) is 22.3 Å². The largest absolute Gasteiger partial charge is 0.507 e. The van der Waals surface area contributed by atoms with Gasteiger partial charge in [-0.25, -0.2) is 0 Å². The van der Waals surface area contributed by atoms with E-state index in [2.05, 4.69) is 83.1 Å². The lowest BCUT2D eigenvalue weighted by Crippen LogP contribution is -2.24. The van der Waals surface area contributed by atoms with E-state index in [0.717, 1.165) is 47.6 Å². The highest BCUT2D eigenvalue weighted by Crippen LogP contribution is 2.43. The third-order valence-corrected chi connectivity index (χ3v) is 9.88. The highest BCUT2D eigenvalue weighted by molar-refractivity contribution is 5.87. The molecule has 0 bridgehead atoms. The lowest BCUT2D eigenvalue weighted by molar-refractivity contribution is 0.185. The van der Waals surface area contributed by atoms with E-state index in [1.165, 1.54) is 16.7 Å². The Balaban J connectivity index is 1.43. The van der Waals surface area contributed by atoms with Crippen LogP contribution >= 0.6 is 0 Å². The molecule has 1 aliphatic carbocycles. The van der Waals surface area contributed by atoms with Crippen LogP contribution in [0.15, 0.2) is 162 Å². The van der Waals surface area contributed by atoms with Gasteiger partial charge in [0.25, 0.3) is 0 Å². The van der Waals surface area contributed by atoms with Gasteiger partial charge in [-0.15, -0.1) is 0 Å². The quantitative estimate of drug-likeness (QED) is 0.0990. The predicted octanol–water partition coefficient (Wildman–Crippen LogP) is 11.6. The number of para-hydroxylation sites is 1. The van der Waals surface area contributed by atoms with Crippen LogP contribution in [-0.4, -0.2) is 31.6 Å². The molecule has 53 heavy (non-hydrogen) atoms. The Hall–Kier alpha value is -5.72. The second kappa shape index (κ2) is 15.1. The van der Waals surface area contributed by atoms with Crippen LogP contribution < -0.4 is 4.90 Å². The monoisotopic (exact) mass is 707 g/mol. The first-order valence-electron chi connectivity index (χ1n) is 18.1. The molecule has 0 aromatic heterocycles. The van der Waals surface area contributed by atoms with E-state index in [9.17, 15) is 25.5 Å². The summed E-state index contributed by atoms with van der Waals surface area (Å²) < 4.78 is 0. The molecule has 5 N–H and O–H groups in total. The molecule has 1 atom stereocenters. The zero-order chi connectivity index (χ0) is 37.9. The van der Waals surface area contributed by atoms with E-state index in [0.29, 0.717) is 11.4 Å². The van der Waals surface area contributed by atoms with Crippen LogP contribution in [0.1, 0.15) is 57.7 Å².